The van der Waals surface area contributed by atoms with Crippen molar-refractivity contribution in [3.05, 3.63) is 64.2 Å². The van der Waals surface area contributed by atoms with Crippen LogP contribution in [0, 0.1) is 10.1 Å². The first-order chi connectivity index (χ1) is 14.4. The van der Waals surface area contributed by atoms with Crippen molar-refractivity contribution in [3.8, 4) is 11.5 Å². The third-order valence-electron chi connectivity index (χ3n) is 4.70. The number of non-ortho nitro benzene ring substituents is 1. The van der Waals surface area contributed by atoms with Gasteiger partial charge in [0.2, 0.25) is 15.9 Å². The predicted octanol–water partition coefficient (Wildman–Crippen LogP) is 3.72. The lowest BCUT2D eigenvalue weighted by molar-refractivity contribution is -0.384. The van der Waals surface area contributed by atoms with Crippen LogP contribution in [-0.2, 0) is 15.8 Å². The summed E-state index contributed by atoms with van der Waals surface area (Å²) < 4.78 is 32.7. The molecular formula is C19H18N4O5S2. The standard InChI is InChI=1S/C19H18N4O5S2/c24-23(25)16-8-6-14(7-9-16)13-29-19-21-20-18(28-19)15-4-3-5-17(12-15)30(26,27)22-10-1-2-11-22/h3-9,12H,1-2,10-11,13H2. The Morgan fingerprint density at radius 1 is 1.10 bits per heavy atom. The summed E-state index contributed by atoms with van der Waals surface area (Å²) in [4.78, 5) is 10.5. The van der Waals surface area contributed by atoms with E-state index in [2.05, 4.69) is 10.2 Å². The van der Waals surface area contributed by atoms with Crippen LogP contribution in [0.4, 0.5) is 5.69 Å². The molecule has 1 aromatic heterocycles. The fourth-order valence-electron chi connectivity index (χ4n) is 3.11. The van der Waals surface area contributed by atoms with E-state index in [9.17, 15) is 18.5 Å². The van der Waals surface area contributed by atoms with E-state index >= 15 is 0 Å². The van der Waals surface area contributed by atoms with Crippen LogP contribution in [0.15, 0.2) is 63.1 Å². The Labute approximate surface area is 177 Å². The number of thioether (sulfide) groups is 1. The van der Waals surface area contributed by atoms with E-state index in [-0.39, 0.29) is 16.5 Å². The molecule has 3 aromatic rings. The first kappa shape index (κ1) is 20.5. The molecular weight excluding hydrogens is 428 g/mol. The fraction of sp³-hybridized carbons (Fsp3) is 0.263. The van der Waals surface area contributed by atoms with E-state index in [0.717, 1.165) is 18.4 Å². The van der Waals surface area contributed by atoms with Crippen molar-refractivity contribution in [2.75, 3.05) is 13.1 Å². The summed E-state index contributed by atoms with van der Waals surface area (Å²) in [6.45, 7) is 1.08. The van der Waals surface area contributed by atoms with E-state index in [1.807, 2.05) is 0 Å². The average molecular weight is 447 g/mol. The lowest BCUT2D eigenvalue weighted by atomic mass is 10.2. The normalized spacial score (nSPS) is 14.8. The summed E-state index contributed by atoms with van der Waals surface area (Å²) in [5.41, 5.74) is 1.45. The van der Waals surface area contributed by atoms with Gasteiger partial charge in [0.25, 0.3) is 10.9 Å². The van der Waals surface area contributed by atoms with E-state index in [4.69, 9.17) is 4.42 Å². The number of hydrogen-bond donors (Lipinski definition) is 0. The molecule has 0 radical (unpaired) electrons. The highest BCUT2D eigenvalue weighted by molar-refractivity contribution is 7.98. The van der Waals surface area contributed by atoms with Gasteiger partial charge in [-0.05, 0) is 36.6 Å². The molecule has 0 N–H and O–H groups in total. The van der Waals surface area contributed by atoms with Crippen LogP contribution in [0.25, 0.3) is 11.5 Å². The van der Waals surface area contributed by atoms with Gasteiger partial charge in [0, 0.05) is 36.5 Å². The fourth-order valence-corrected chi connectivity index (χ4v) is 5.39. The summed E-state index contributed by atoms with van der Waals surface area (Å²) in [5, 5.41) is 19.1. The Morgan fingerprint density at radius 3 is 2.53 bits per heavy atom. The molecule has 1 fully saturated rings. The molecule has 11 heteroatoms. The number of sulfonamides is 1. The second-order valence-electron chi connectivity index (χ2n) is 6.72. The lowest BCUT2D eigenvalue weighted by Gasteiger charge is -2.15. The number of aromatic nitrogens is 2. The molecule has 0 unspecified atom stereocenters. The van der Waals surface area contributed by atoms with Crippen LogP contribution in [0.5, 0.6) is 0 Å². The molecule has 2 heterocycles. The van der Waals surface area contributed by atoms with Crippen LogP contribution in [0.1, 0.15) is 18.4 Å². The summed E-state index contributed by atoms with van der Waals surface area (Å²) >= 11 is 1.30. The molecule has 0 saturated carbocycles. The molecule has 9 nitrogen and oxygen atoms in total. The van der Waals surface area contributed by atoms with Gasteiger partial charge >= 0.3 is 0 Å². The molecule has 156 valence electrons. The molecule has 1 aliphatic heterocycles. The number of nitro groups is 1. The van der Waals surface area contributed by atoms with Crippen LogP contribution in [-0.4, -0.2) is 40.9 Å². The Hall–Kier alpha value is -2.76. The zero-order valence-corrected chi connectivity index (χ0v) is 17.4. The Balaban J connectivity index is 1.46. The van der Waals surface area contributed by atoms with Gasteiger partial charge in [-0.3, -0.25) is 10.1 Å². The highest BCUT2D eigenvalue weighted by Crippen LogP contribution is 2.29. The van der Waals surface area contributed by atoms with Gasteiger partial charge in [0.1, 0.15) is 0 Å². The summed E-state index contributed by atoms with van der Waals surface area (Å²) in [7, 11) is -3.53. The van der Waals surface area contributed by atoms with Crippen molar-refractivity contribution in [1.29, 1.82) is 0 Å². The van der Waals surface area contributed by atoms with Gasteiger partial charge in [0.15, 0.2) is 0 Å². The van der Waals surface area contributed by atoms with Crippen molar-refractivity contribution >= 4 is 27.5 Å². The third kappa shape index (κ3) is 4.37. The Kier molecular flexibility index (Phi) is 5.84. The number of hydrogen-bond acceptors (Lipinski definition) is 8. The molecule has 4 rings (SSSR count). The average Bonchev–Trinajstić information content (AvgIpc) is 3.45. The monoisotopic (exact) mass is 446 g/mol. The second kappa shape index (κ2) is 8.54. The predicted molar refractivity (Wildman–Crippen MR) is 110 cm³/mol. The van der Waals surface area contributed by atoms with Gasteiger partial charge in [-0.25, -0.2) is 8.42 Å². The van der Waals surface area contributed by atoms with E-state index in [1.54, 1.807) is 36.4 Å². The zero-order valence-electron chi connectivity index (χ0n) is 15.8. The molecule has 1 saturated heterocycles. The molecule has 0 aliphatic carbocycles. The van der Waals surface area contributed by atoms with Crippen LogP contribution < -0.4 is 0 Å². The molecule has 0 atom stereocenters. The SMILES string of the molecule is O=[N+]([O-])c1ccc(CSc2nnc(-c3cccc(S(=O)(=O)N4CCCC4)c3)o2)cc1. The molecule has 2 aromatic carbocycles. The van der Waals surface area contributed by atoms with Crippen molar-refractivity contribution in [1.82, 2.24) is 14.5 Å². The molecule has 1 aliphatic rings. The van der Waals surface area contributed by atoms with Gasteiger partial charge in [-0.15, -0.1) is 10.2 Å². The number of rotatable bonds is 7. The van der Waals surface area contributed by atoms with Crippen molar-refractivity contribution < 1.29 is 17.8 Å². The van der Waals surface area contributed by atoms with Crippen molar-refractivity contribution in [2.24, 2.45) is 0 Å². The third-order valence-corrected chi connectivity index (χ3v) is 7.48. The smallest absolute Gasteiger partial charge is 0.277 e. The van der Waals surface area contributed by atoms with Crippen molar-refractivity contribution in [3.63, 3.8) is 0 Å². The first-order valence-electron chi connectivity index (χ1n) is 9.24. The van der Waals surface area contributed by atoms with Crippen LogP contribution in [0.3, 0.4) is 0 Å². The maximum absolute atomic E-state index is 12.8. The molecule has 0 bridgehead atoms. The number of nitrogens with zero attached hydrogens (tertiary/aromatic N) is 4. The number of nitro benzene ring substituents is 1. The summed E-state index contributed by atoms with van der Waals surface area (Å²) in [5.74, 6) is 0.739. The van der Waals surface area contributed by atoms with Crippen molar-refractivity contribution in [2.45, 2.75) is 28.7 Å². The number of benzene rings is 2. The molecule has 30 heavy (non-hydrogen) atoms. The molecule has 0 spiro atoms. The highest BCUT2D eigenvalue weighted by atomic mass is 32.2. The van der Waals surface area contributed by atoms with Gasteiger partial charge in [0.05, 0.1) is 9.82 Å². The summed E-state index contributed by atoms with van der Waals surface area (Å²) in [6.07, 6.45) is 1.75. The quantitative estimate of drug-likeness (QED) is 0.306. The van der Waals surface area contributed by atoms with Gasteiger partial charge in [-0.2, -0.15) is 4.31 Å². The zero-order chi connectivity index (χ0) is 21.1. The molecule has 0 amide bonds. The lowest BCUT2D eigenvalue weighted by Crippen LogP contribution is -2.27. The van der Waals surface area contributed by atoms with E-state index < -0.39 is 14.9 Å². The van der Waals surface area contributed by atoms with Gasteiger partial charge in [-0.1, -0.05) is 30.0 Å². The van der Waals surface area contributed by atoms with E-state index in [1.165, 1.54) is 28.2 Å². The maximum Gasteiger partial charge on any atom is 0.277 e. The Bertz CT molecular complexity index is 1160. The minimum Gasteiger partial charge on any atom is -0.411 e. The minimum atomic E-state index is -3.53. The minimum absolute atomic E-state index is 0.0348. The highest BCUT2D eigenvalue weighted by Gasteiger charge is 2.27. The topological polar surface area (TPSA) is 119 Å². The largest absolute Gasteiger partial charge is 0.411 e. The summed E-state index contributed by atoms with van der Waals surface area (Å²) in [6, 6.07) is 12.7. The van der Waals surface area contributed by atoms with E-state index in [0.29, 0.717) is 29.6 Å². The van der Waals surface area contributed by atoms with Gasteiger partial charge < -0.3 is 4.42 Å². The maximum atomic E-state index is 12.8. The second-order valence-corrected chi connectivity index (χ2v) is 9.59. The Morgan fingerprint density at radius 2 is 1.83 bits per heavy atom. The van der Waals surface area contributed by atoms with Crippen LogP contribution >= 0.6 is 11.8 Å². The van der Waals surface area contributed by atoms with Crippen LogP contribution in [0.2, 0.25) is 0 Å². The first-order valence-corrected chi connectivity index (χ1v) is 11.7.